The summed E-state index contributed by atoms with van der Waals surface area (Å²) < 4.78 is 7.80. The van der Waals surface area contributed by atoms with Crippen molar-refractivity contribution in [2.45, 2.75) is 45.3 Å². The van der Waals surface area contributed by atoms with E-state index in [4.69, 9.17) is 10.5 Å². The Morgan fingerprint density at radius 3 is 2.92 bits per heavy atom. The molecular weight excluding hydrogens is 320 g/mol. The van der Waals surface area contributed by atoms with Crippen LogP contribution in [0.1, 0.15) is 37.1 Å². The van der Waals surface area contributed by atoms with E-state index in [1.165, 1.54) is 0 Å². The summed E-state index contributed by atoms with van der Waals surface area (Å²) in [4.78, 5) is 15.8. The van der Waals surface area contributed by atoms with E-state index in [-0.39, 0.29) is 12.0 Å². The number of aliphatic carboxylic acids is 1. The highest BCUT2D eigenvalue weighted by Gasteiger charge is 2.28. The van der Waals surface area contributed by atoms with Crippen molar-refractivity contribution in [2.75, 3.05) is 0 Å². The molecule has 1 saturated carbocycles. The van der Waals surface area contributed by atoms with Crippen molar-refractivity contribution in [2.24, 2.45) is 18.7 Å². The van der Waals surface area contributed by atoms with Crippen LogP contribution in [0.4, 0.5) is 0 Å². The van der Waals surface area contributed by atoms with Crippen molar-refractivity contribution in [1.82, 2.24) is 14.8 Å². The molecule has 1 fully saturated rings. The summed E-state index contributed by atoms with van der Waals surface area (Å²) in [5.74, 6) is -0.337. The van der Waals surface area contributed by atoms with Crippen LogP contribution < -0.4 is 10.5 Å². The lowest BCUT2D eigenvalue weighted by Crippen LogP contribution is -2.29. The van der Waals surface area contributed by atoms with E-state index in [1.54, 1.807) is 10.9 Å². The number of aryl methyl sites for hydroxylation is 2. The molecule has 2 aromatic heterocycles. The molecule has 0 amide bonds. The van der Waals surface area contributed by atoms with Crippen LogP contribution in [0.2, 0.25) is 0 Å². The van der Waals surface area contributed by atoms with E-state index in [9.17, 15) is 9.90 Å². The van der Waals surface area contributed by atoms with Crippen LogP contribution in [-0.4, -0.2) is 31.9 Å². The van der Waals surface area contributed by atoms with E-state index in [2.05, 4.69) is 10.1 Å². The maximum absolute atomic E-state index is 11.2. The molecule has 7 nitrogen and oxygen atoms in total. The van der Waals surface area contributed by atoms with Crippen LogP contribution in [0, 0.1) is 12.8 Å². The fraction of sp³-hybridized carbons (Fsp3) is 0.500. The molecule has 0 unspecified atom stereocenters. The smallest absolute Gasteiger partial charge is 0.306 e. The fourth-order valence-corrected chi connectivity index (χ4v) is 3.40. The molecule has 3 N–H and O–H groups in total. The second-order valence-corrected chi connectivity index (χ2v) is 6.55. The Balaban J connectivity index is 1.77. The summed E-state index contributed by atoms with van der Waals surface area (Å²) in [5.41, 5.74) is 9.24. The topological polar surface area (TPSA) is 103 Å². The minimum Gasteiger partial charge on any atom is -0.489 e. The van der Waals surface area contributed by atoms with Crippen LogP contribution >= 0.6 is 0 Å². The fourth-order valence-electron chi connectivity index (χ4n) is 3.40. The second-order valence-electron chi connectivity index (χ2n) is 6.55. The molecule has 0 radical (unpaired) electrons. The molecule has 1 aliphatic rings. The van der Waals surface area contributed by atoms with Crippen LogP contribution in [0.5, 0.6) is 5.75 Å². The third kappa shape index (κ3) is 3.66. The predicted octanol–water partition coefficient (Wildman–Crippen LogP) is 2.27. The average Bonchev–Trinajstić information content (AvgIpc) is 2.97. The number of carboxylic acid groups (broad SMARTS) is 1. The van der Waals surface area contributed by atoms with Gasteiger partial charge in [0, 0.05) is 19.2 Å². The number of rotatable bonds is 5. The SMILES string of the molecule is Cc1nc(-c2cnn(C)c2CN)ccc1O[C@H]1CCC[C@H](C(=O)O)C1. The van der Waals surface area contributed by atoms with Gasteiger partial charge in [-0.2, -0.15) is 5.10 Å². The van der Waals surface area contributed by atoms with Crippen molar-refractivity contribution in [3.8, 4) is 17.0 Å². The van der Waals surface area contributed by atoms with Crippen molar-refractivity contribution in [3.63, 3.8) is 0 Å². The Kier molecular flexibility index (Phi) is 5.03. The van der Waals surface area contributed by atoms with Gasteiger partial charge in [-0.05, 0) is 44.7 Å². The first-order valence-electron chi connectivity index (χ1n) is 8.58. The molecule has 0 bridgehead atoms. The second kappa shape index (κ2) is 7.23. The number of ether oxygens (including phenoxy) is 1. The average molecular weight is 344 g/mol. The van der Waals surface area contributed by atoms with Crippen LogP contribution in [0.3, 0.4) is 0 Å². The van der Waals surface area contributed by atoms with Gasteiger partial charge < -0.3 is 15.6 Å². The summed E-state index contributed by atoms with van der Waals surface area (Å²) in [5, 5.41) is 13.4. The van der Waals surface area contributed by atoms with E-state index in [0.717, 1.165) is 41.9 Å². The highest BCUT2D eigenvalue weighted by Crippen LogP contribution is 2.30. The Morgan fingerprint density at radius 2 is 2.24 bits per heavy atom. The minimum absolute atomic E-state index is 0.0702. The number of hydrogen-bond donors (Lipinski definition) is 2. The Bertz CT molecular complexity index is 772. The standard InChI is InChI=1S/C18H24N4O3/c1-11-17(25-13-5-3-4-12(8-13)18(23)24)7-6-15(21-11)14-10-20-22(2)16(14)9-19/h6-7,10,12-13H,3-5,8-9,19H2,1-2H3,(H,23,24)/t12-,13-/m0/s1. The van der Waals surface area contributed by atoms with E-state index in [1.807, 2.05) is 26.1 Å². The molecule has 2 heterocycles. The number of nitrogens with two attached hydrogens (primary N) is 1. The van der Waals surface area contributed by atoms with Crippen LogP contribution in [-0.2, 0) is 18.4 Å². The van der Waals surface area contributed by atoms with Gasteiger partial charge >= 0.3 is 5.97 Å². The molecule has 0 aromatic carbocycles. The lowest BCUT2D eigenvalue weighted by Gasteiger charge is -2.27. The molecule has 25 heavy (non-hydrogen) atoms. The number of nitrogens with zero attached hydrogens (tertiary/aromatic N) is 3. The van der Waals surface area contributed by atoms with Crippen molar-refractivity contribution < 1.29 is 14.6 Å². The van der Waals surface area contributed by atoms with Crippen molar-refractivity contribution in [1.29, 1.82) is 0 Å². The lowest BCUT2D eigenvalue weighted by atomic mass is 9.87. The van der Waals surface area contributed by atoms with Crippen molar-refractivity contribution >= 4 is 5.97 Å². The number of pyridine rings is 1. The summed E-state index contributed by atoms with van der Waals surface area (Å²) in [6.07, 6.45) is 4.74. The van der Waals surface area contributed by atoms with Gasteiger partial charge in [-0.25, -0.2) is 4.98 Å². The molecule has 7 heteroatoms. The third-order valence-corrected chi connectivity index (χ3v) is 4.84. The molecule has 0 spiro atoms. The summed E-state index contributed by atoms with van der Waals surface area (Å²) in [6, 6.07) is 3.80. The molecule has 2 atom stereocenters. The molecule has 0 aliphatic heterocycles. The van der Waals surface area contributed by atoms with Gasteiger partial charge in [0.15, 0.2) is 0 Å². The molecule has 1 aliphatic carbocycles. The molecule has 3 rings (SSSR count). The first-order chi connectivity index (χ1) is 12.0. The van der Waals surface area contributed by atoms with Gasteiger partial charge in [0.25, 0.3) is 0 Å². The Labute approximate surface area is 146 Å². The predicted molar refractivity (Wildman–Crippen MR) is 93.1 cm³/mol. The van der Waals surface area contributed by atoms with Gasteiger partial charge in [0.2, 0.25) is 0 Å². The minimum atomic E-state index is -0.732. The highest BCUT2D eigenvalue weighted by molar-refractivity contribution is 5.70. The maximum atomic E-state index is 11.2. The zero-order valence-electron chi connectivity index (χ0n) is 14.6. The molecule has 0 saturated heterocycles. The number of carboxylic acids is 1. The van der Waals surface area contributed by atoms with E-state index < -0.39 is 5.97 Å². The Morgan fingerprint density at radius 1 is 1.44 bits per heavy atom. The maximum Gasteiger partial charge on any atom is 0.306 e. The lowest BCUT2D eigenvalue weighted by molar-refractivity contribution is -0.143. The highest BCUT2D eigenvalue weighted by atomic mass is 16.5. The third-order valence-electron chi connectivity index (χ3n) is 4.84. The summed E-state index contributed by atoms with van der Waals surface area (Å²) in [7, 11) is 1.86. The van der Waals surface area contributed by atoms with Gasteiger partial charge in [-0.3, -0.25) is 9.48 Å². The summed E-state index contributed by atoms with van der Waals surface area (Å²) >= 11 is 0. The van der Waals surface area contributed by atoms with Crippen molar-refractivity contribution in [3.05, 3.63) is 29.7 Å². The first kappa shape index (κ1) is 17.4. The van der Waals surface area contributed by atoms with E-state index in [0.29, 0.717) is 18.7 Å². The van der Waals surface area contributed by atoms with Crippen LogP contribution in [0.15, 0.2) is 18.3 Å². The van der Waals surface area contributed by atoms with Gasteiger partial charge in [0.05, 0.1) is 35.3 Å². The normalized spacial score (nSPS) is 20.4. The van der Waals surface area contributed by atoms with Gasteiger partial charge in [-0.15, -0.1) is 0 Å². The first-order valence-corrected chi connectivity index (χ1v) is 8.58. The zero-order valence-corrected chi connectivity index (χ0v) is 14.6. The molecule has 2 aromatic rings. The molecule has 134 valence electrons. The monoisotopic (exact) mass is 344 g/mol. The van der Waals surface area contributed by atoms with Crippen LogP contribution in [0.25, 0.3) is 11.3 Å². The number of aromatic nitrogens is 3. The van der Waals surface area contributed by atoms with Gasteiger partial charge in [-0.1, -0.05) is 0 Å². The Hall–Kier alpha value is -2.41. The quantitative estimate of drug-likeness (QED) is 0.862. The largest absolute Gasteiger partial charge is 0.489 e. The van der Waals surface area contributed by atoms with Gasteiger partial charge in [0.1, 0.15) is 5.75 Å². The number of carbonyl (C=O) groups is 1. The summed E-state index contributed by atoms with van der Waals surface area (Å²) in [6.45, 7) is 2.29. The van der Waals surface area contributed by atoms with E-state index >= 15 is 0 Å². The number of hydrogen-bond acceptors (Lipinski definition) is 5. The molecular formula is C18H24N4O3. The zero-order chi connectivity index (χ0) is 18.0.